The van der Waals surface area contributed by atoms with Crippen molar-refractivity contribution < 1.29 is 19.0 Å². The molecule has 0 N–H and O–H groups in total. The third kappa shape index (κ3) is 3.27. The highest BCUT2D eigenvalue weighted by Gasteiger charge is 2.37. The normalized spacial score (nSPS) is 16.9. The molecule has 5 heteroatoms. The second-order valence-electron chi connectivity index (χ2n) is 6.64. The average Bonchev–Trinajstić information content (AvgIpc) is 2.97. The first-order valence-corrected chi connectivity index (χ1v) is 8.65. The highest BCUT2D eigenvalue weighted by Crippen LogP contribution is 2.41. The fourth-order valence-electron chi connectivity index (χ4n) is 3.62. The van der Waals surface area contributed by atoms with Gasteiger partial charge in [-0.3, -0.25) is 4.79 Å². The summed E-state index contributed by atoms with van der Waals surface area (Å²) in [5.74, 6) is 1.25. The van der Waals surface area contributed by atoms with Gasteiger partial charge in [-0.25, -0.2) is 0 Å². The number of hydrogen-bond acceptors (Lipinski definition) is 4. The monoisotopic (exact) mass is 355 g/mol. The number of carbonyl (C=O) groups excluding carboxylic acids is 1. The van der Waals surface area contributed by atoms with Crippen LogP contribution in [0.5, 0.6) is 11.5 Å². The molecule has 0 aromatic heterocycles. The first-order chi connectivity index (χ1) is 12.5. The van der Waals surface area contributed by atoms with E-state index in [1.807, 2.05) is 18.2 Å². The summed E-state index contributed by atoms with van der Waals surface area (Å²) in [6.07, 6.45) is -0.534. The van der Waals surface area contributed by atoms with E-state index < -0.39 is 6.23 Å². The molecule has 0 saturated carbocycles. The standard InChI is InChI=1S/C21H25NO4/c1-13-9-14(2)16(15(3)10-13)11-22-19(23)12-26-21(22)20-17(24-4)7-6-8-18(20)25-5/h6-10,21H,11-12H2,1-5H3. The molecule has 138 valence electrons. The van der Waals surface area contributed by atoms with Gasteiger partial charge in [-0.2, -0.15) is 0 Å². The lowest BCUT2D eigenvalue weighted by Gasteiger charge is -2.27. The fraction of sp³-hybridized carbons (Fsp3) is 0.381. The fourth-order valence-corrected chi connectivity index (χ4v) is 3.62. The number of benzene rings is 2. The van der Waals surface area contributed by atoms with E-state index in [2.05, 4.69) is 32.9 Å². The number of methoxy groups -OCH3 is 2. The summed E-state index contributed by atoms with van der Waals surface area (Å²) in [7, 11) is 3.21. The Hall–Kier alpha value is -2.53. The Morgan fingerprint density at radius 2 is 1.65 bits per heavy atom. The molecular weight excluding hydrogens is 330 g/mol. The highest BCUT2D eigenvalue weighted by atomic mass is 16.5. The van der Waals surface area contributed by atoms with Gasteiger partial charge in [0, 0.05) is 6.54 Å². The second-order valence-corrected chi connectivity index (χ2v) is 6.64. The van der Waals surface area contributed by atoms with Gasteiger partial charge in [0.1, 0.15) is 18.1 Å². The number of amides is 1. The van der Waals surface area contributed by atoms with Crippen LogP contribution in [-0.4, -0.2) is 31.6 Å². The van der Waals surface area contributed by atoms with E-state index in [1.165, 1.54) is 16.7 Å². The quantitative estimate of drug-likeness (QED) is 0.821. The molecule has 0 radical (unpaired) electrons. The summed E-state index contributed by atoms with van der Waals surface area (Å²) in [5, 5.41) is 0. The van der Waals surface area contributed by atoms with Gasteiger partial charge in [0.05, 0.1) is 19.8 Å². The number of hydrogen-bond donors (Lipinski definition) is 0. The van der Waals surface area contributed by atoms with Gasteiger partial charge in [-0.15, -0.1) is 0 Å². The second kappa shape index (κ2) is 7.38. The maximum atomic E-state index is 12.6. The van der Waals surface area contributed by atoms with E-state index in [0.29, 0.717) is 18.0 Å². The molecule has 1 atom stereocenters. The van der Waals surface area contributed by atoms with Crippen molar-refractivity contribution in [3.8, 4) is 11.5 Å². The Morgan fingerprint density at radius 3 is 2.19 bits per heavy atom. The molecule has 1 fully saturated rings. The number of nitrogens with zero attached hydrogens (tertiary/aromatic N) is 1. The minimum Gasteiger partial charge on any atom is -0.496 e. The molecule has 2 aromatic carbocycles. The lowest BCUT2D eigenvalue weighted by Crippen LogP contribution is -2.29. The van der Waals surface area contributed by atoms with Crippen LogP contribution in [0.1, 0.15) is 34.0 Å². The molecule has 1 amide bonds. The van der Waals surface area contributed by atoms with Crippen molar-refractivity contribution in [1.29, 1.82) is 0 Å². The van der Waals surface area contributed by atoms with Crippen molar-refractivity contribution in [2.45, 2.75) is 33.5 Å². The van der Waals surface area contributed by atoms with E-state index in [-0.39, 0.29) is 12.5 Å². The minimum atomic E-state index is -0.534. The maximum Gasteiger partial charge on any atom is 0.251 e. The molecule has 1 aliphatic heterocycles. The third-order valence-corrected chi connectivity index (χ3v) is 4.85. The molecular formula is C21H25NO4. The molecule has 1 saturated heterocycles. The van der Waals surface area contributed by atoms with E-state index in [4.69, 9.17) is 14.2 Å². The topological polar surface area (TPSA) is 48.0 Å². The van der Waals surface area contributed by atoms with Crippen molar-refractivity contribution in [3.63, 3.8) is 0 Å². The van der Waals surface area contributed by atoms with Gasteiger partial charge in [-0.05, 0) is 49.6 Å². The predicted octanol–water partition coefficient (Wildman–Crippen LogP) is 3.69. The van der Waals surface area contributed by atoms with Crippen LogP contribution in [0.25, 0.3) is 0 Å². The number of rotatable bonds is 5. The van der Waals surface area contributed by atoms with Gasteiger partial charge in [0.25, 0.3) is 5.91 Å². The van der Waals surface area contributed by atoms with Crippen molar-refractivity contribution in [1.82, 2.24) is 4.90 Å². The average molecular weight is 355 g/mol. The van der Waals surface area contributed by atoms with Gasteiger partial charge >= 0.3 is 0 Å². The highest BCUT2D eigenvalue weighted by molar-refractivity contribution is 5.80. The van der Waals surface area contributed by atoms with Gasteiger partial charge in [0.15, 0.2) is 6.23 Å². The zero-order valence-electron chi connectivity index (χ0n) is 16.0. The van der Waals surface area contributed by atoms with Gasteiger partial charge in [-0.1, -0.05) is 23.8 Å². The summed E-state index contributed by atoms with van der Waals surface area (Å²) < 4.78 is 16.8. The molecule has 0 aliphatic carbocycles. The van der Waals surface area contributed by atoms with Crippen LogP contribution in [0.4, 0.5) is 0 Å². The van der Waals surface area contributed by atoms with E-state index >= 15 is 0 Å². The molecule has 2 aromatic rings. The molecule has 3 rings (SSSR count). The van der Waals surface area contributed by atoms with Crippen molar-refractivity contribution in [2.24, 2.45) is 0 Å². The van der Waals surface area contributed by atoms with Gasteiger partial charge in [0.2, 0.25) is 0 Å². The number of aryl methyl sites for hydroxylation is 3. The summed E-state index contributed by atoms with van der Waals surface area (Å²) in [6, 6.07) is 9.84. The summed E-state index contributed by atoms with van der Waals surface area (Å²) >= 11 is 0. The van der Waals surface area contributed by atoms with Crippen LogP contribution >= 0.6 is 0 Å². The summed E-state index contributed by atoms with van der Waals surface area (Å²) in [6.45, 7) is 6.78. The van der Waals surface area contributed by atoms with E-state index in [0.717, 1.165) is 11.1 Å². The largest absolute Gasteiger partial charge is 0.496 e. The number of ether oxygens (including phenoxy) is 3. The maximum absolute atomic E-state index is 12.6. The van der Waals surface area contributed by atoms with Crippen LogP contribution in [-0.2, 0) is 16.1 Å². The van der Waals surface area contributed by atoms with Crippen molar-refractivity contribution >= 4 is 5.91 Å². The third-order valence-electron chi connectivity index (χ3n) is 4.85. The van der Waals surface area contributed by atoms with Gasteiger partial charge < -0.3 is 19.1 Å². The Morgan fingerprint density at radius 1 is 1.08 bits per heavy atom. The Kier molecular flexibility index (Phi) is 5.18. The summed E-state index contributed by atoms with van der Waals surface area (Å²) in [4.78, 5) is 14.3. The number of carbonyl (C=O) groups is 1. The minimum absolute atomic E-state index is 0.0395. The summed E-state index contributed by atoms with van der Waals surface area (Å²) in [5.41, 5.74) is 5.45. The van der Waals surface area contributed by atoms with Crippen LogP contribution < -0.4 is 9.47 Å². The van der Waals surface area contributed by atoms with E-state index in [1.54, 1.807) is 19.1 Å². The van der Waals surface area contributed by atoms with Crippen molar-refractivity contribution in [2.75, 3.05) is 20.8 Å². The Balaban J connectivity index is 2.01. The molecule has 1 heterocycles. The molecule has 1 aliphatic rings. The first-order valence-electron chi connectivity index (χ1n) is 8.65. The zero-order valence-corrected chi connectivity index (χ0v) is 16.0. The van der Waals surface area contributed by atoms with Crippen LogP contribution in [0.2, 0.25) is 0 Å². The van der Waals surface area contributed by atoms with Crippen LogP contribution in [0.3, 0.4) is 0 Å². The first kappa shape index (κ1) is 18.3. The Labute approximate surface area is 154 Å². The lowest BCUT2D eigenvalue weighted by atomic mass is 9.99. The molecule has 5 nitrogen and oxygen atoms in total. The van der Waals surface area contributed by atoms with Crippen LogP contribution in [0.15, 0.2) is 30.3 Å². The van der Waals surface area contributed by atoms with E-state index in [9.17, 15) is 4.79 Å². The lowest BCUT2D eigenvalue weighted by molar-refractivity contribution is -0.128. The smallest absolute Gasteiger partial charge is 0.251 e. The molecule has 1 unspecified atom stereocenters. The molecule has 0 bridgehead atoms. The molecule has 26 heavy (non-hydrogen) atoms. The Bertz CT molecular complexity index is 786. The predicted molar refractivity (Wildman–Crippen MR) is 99.4 cm³/mol. The van der Waals surface area contributed by atoms with Crippen molar-refractivity contribution in [3.05, 3.63) is 58.1 Å². The SMILES string of the molecule is COc1cccc(OC)c1C1OCC(=O)N1Cc1c(C)cc(C)cc1C. The zero-order chi connectivity index (χ0) is 18.8. The molecule has 0 spiro atoms. The van der Waals surface area contributed by atoms with Crippen LogP contribution in [0, 0.1) is 20.8 Å².